The van der Waals surface area contributed by atoms with E-state index in [1.165, 1.54) is 11.9 Å². The van der Waals surface area contributed by atoms with Crippen LogP contribution in [0, 0.1) is 5.92 Å². The highest BCUT2D eigenvalue weighted by Gasteiger charge is 2.30. The molecule has 0 saturated carbocycles. The molecule has 13 heteroatoms. The number of aliphatic carboxylic acids is 1. The molecule has 1 aliphatic heterocycles. The number of hydrogen-bond donors (Lipinski definition) is 6. The molecule has 0 spiro atoms. The number of nitrogens with two attached hydrogens (primary N) is 2. The fourth-order valence-corrected chi connectivity index (χ4v) is 4.16. The van der Waals surface area contributed by atoms with Crippen molar-refractivity contribution in [2.24, 2.45) is 17.4 Å². The van der Waals surface area contributed by atoms with Crippen LogP contribution in [-0.4, -0.2) is 83.8 Å². The highest BCUT2D eigenvalue weighted by atomic mass is 16.4. The van der Waals surface area contributed by atoms with Crippen LogP contribution in [0.25, 0.3) is 0 Å². The van der Waals surface area contributed by atoms with Gasteiger partial charge in [0.1, 0.15) is 12.1 Å². The van der Waals surface area contributed by atoms with E-state index in [-0.39, 0.29) is 48.9 Å². The van der Waals surface area contributed by atoms with Crippen molar-refractivity contribution in [1.82, 2.24) is 20.9 Å². The Morgan fingerprint density at radius 3 is 2.29 bits per heavy atom. The molecule has 1 saturated heterocycles. The van der Waals surface area contributed by atoms with Gasteiger partial charge in [-0.3, -0.25) is 28.8 Å². The number of benzene rings is 1. The summed E-state index contributed by atoms with van der Waals surface area (Å²) in [7, 11) is 1.51. The summed E-state index contributed by atoms with van der Waals surface area (Å²) in [5.41, 5.74) is 12.1. The summed E-state index contributed by atoms with van der Waals surface area (Å²) in [6.45, 7) is 4.38. The van der Waals surface area contributed by atoms with Gasteiger partial charge in [0.15, 0.2) is 0 Å². The third kappa shape index (κ3) is 13.6. The van der Waals surface area contributed by atoms with Gasteiger partial charge in [-0.25, -0.2) is 0 Å². The number of carboxylic acids is 1. The van der Waals surface area contributed by atoms with E-state index in [0.717, 1.165) is 18.4 Å². The van der Waals surface area contributed by atoms with Crippen LogP contribution < -0.4 is 27.4 Å². The number of piperidine rings is 1. The maximum atomic E-state index is 12.2. The third-order valence-electron chi connectivity index (χ3n) is 7.03. The zero-order valence-corrected chi connectivity index (χ0v) is 24.8. The van der Waals surface area contributed by atoms with Gasteiger partial charge in [-0.1, -0.05) is 50.6 Å². The van der Waals surface area contributed by atoms with E-state index in [1.807, 2.05) is 44.2 Å². The van der Waals surface area contributed by atoms with Gasteiger partial charge < -0.3 is 37.4 Å². The second-order valence-electron chi connectivity index (χ2n) is 10.4. The molecule has 2 rings (SSSR count). The summed E-state index contributed by atoms with van der Waals surface area (Å²) in [6.07, 6.45) is 3.60. The Morgan fingerprint density at radius 2 is 1.71 bits per heavy atom. The quantitative estimate of drug-likeness (QED) is 0.153. The van der Waals surface area contributed by atoms with Crippen molar-refractivity contribution in [2.45, 2.75) is 83.3 Å². The Bertz CT molecular complexity index is 1050. The number of likely N-dealkylation sites (N-methyl/N-ethyl adjacent to an activating group) is 1. The normalized spacial score (nSPS) is 16.6. The molecule has 0 bridgehead atoms. The van der Waals surface area contributed by atoms with E-state index < -0.39 is 30.0 Å². The van der Waals surface area contributed by atoms with Crippen LogP contribution in [0.4, 0.5) is 0 Å². The third-order valence-corrected chi connectivity index (χ3v) is 7.03. The fraction of sp³-hybridized carbons (Fsp3) is 0.586. The second-order valence-corrected chi connectivity index (χ2v) is 10.4. The van der Waals surface area contributed by atoms with Crippen LogP contribution in [0.2, 0.25) is 0 Å². The van der Waals surface area contributed by atoms with E-state index in [0.29, 0.717) is 32.2 Å². The van der Waals surface area contributed by atoms with Crippen LogP contribution in [0.5, 0.6) is 0 Å². The van der Waals surface area contributed by atoms with Crippen LogP contribution in [0.15, 0.2) is 30.3 Å². The molecule has 0 aromatic heterocycles. The number of rotatable bonds is 15. The lowest BCUT2D eigenvalue weighted by Gasteiger charge is -2.32. The molecule has 0 radical (unpaired) electrons. The maximum absolute atomic E-state index is 12.2. The number of carbonyl (C=O) groups excluding carboxylic acids is 5. The van der Waals surface area contributed by atoms with E-state index in [1.54, 1.807) is 0 Å². The summed E-state index contributed by atoms with van der Waals surface area (Å²) >= 11 is 0. The highest BCUT2D eigenvalue weighted by molar-refractivity contribution is 5.91. The van der Waals surface area contributed by atoms with Gasteiger partial charge >= 0.3 is 5.97 Å². The number of carboxylic acid groups (broad SMARTS) is 1. The fourth-order valence-electron chi connectivity index (χ4n) is 4.16. The van der Waals surface area contributed by atoms with Crippen molar-refractivity contribution < 1.29 is 33.9 Å². The van der Waals surface area contributed by atoms with Crippen LogP contribution in [-0.2, 0) is 35.2 Å². The molecule has 8 N–H and O–H groups in total. The molecule has 4 atom stereocenters. The van der Waals surface area contributed by atoms with Gasteiger partial charge in [-0.15, -0.1) is 0 Å². The number of amides is 5. The van der Waals surface area contributed by atoms with Crippen LogP contribution in [0.1, 0.15) is 64.4 Å². The Morgan fingerprint density at radius 1 is 1.07 bits per heavy atom. The van der Waals surface area contributed by atoms with Crippen molar-refractivity contribution in [2.75, 3.05) is 20.1 Å². The Hall–Kier alpha value is -4.00. The number of carbonyl (C=O) groups is 6. The first-order valence-electron chi connectivity index (χ1n) is 14.3. The largest absolute Gasteiger partial charge is 0.481 e. The summed E-state index contributed by atoms with van der Waals surface area (Å²) < 4.78 is 0. The number of nitrogens with zero attached hydrogens (tertiary/aromatic N) is 1. The molecule has 1 aromatic rings. The minimum atomic E-state index is -0.882. The van der Waals surface area contributed by atoms with Crippen LogP contribution >= 0.6 is 0 Å². The summed E-state index contributed by atoms with van der Waals surface area (Å²) in [4.78, 5) is 70.6. The lowest BCUT2D eigenvalue weighted by Crippen LogP contribution is -2.54. The molecule has 13 nitrogen and oxygen atoms in total. The molecular weight excluding hydrogens is 544 g/mol. The first kappa shape index (κ1) is 36.0. The molecule has 5 amide bonds. The van der Waals surface area contributed by atoms with E-state index >= 15 is 0 Å². The molecular formula is C29H46N6O7. The minimum Gasteiger partial charge on any atom is -0.481 e. The van der Waals surface area contributed by atoms with Crippen molar-refractivity contribution >= 4 is 35.5 Å². The highest BCUT2D eigenvalue weighted by Crippen LogP contribution is 2.12. The number of unbranched alkanes of at least 4 members (excludes halogenated alkanes) is 1. The maximum Gasteiger partial charge on any atom is 0.303 e. The number of nitrogens with one attached hydrogen (secondary N) is 3. The Balaban J connectivity index is 0.000000422. The van der Waals surface area contributed by atoms with Crippen molar-refractivity contribution in [3.05, 3.63) is 35.9 Å². The molecule has 1 heterocycles. The van der Waals surface area contributed by atoms with E-state index in [9.17, 15) is 28.8 Å². The van der Waals surface area contributed by atoms with Crippen LogP contribution in [0.3, 0.4) is 0 Å². The SMILES string of the molecule is CC[C@H](C)[C@H](N)C(=O)N[C@@H](Cc1ccccc1)C(N)=O.CNC(=O)CN1CCCC(NC(=O)CCCCC(=O)O)C1=O. The number of likely N-dealkylation sites (tertiary alicyclic amines) is 1. The number of primary amides is 1. The zero-order chi connectivity index (χ0) is 31.7. The van der Waals surface area contributed by atoms with Gasteiger partial charge in [-0.05, 0) is 37.2 Å². The van der Waals surface area contributed by atoms with Crippen molar-refractivity contribution in [3.63, 3.8) is 0 Å². The minimum absolute atomic E-state index is 0.000313. The number of hydrogen-bond acceptors (Lipinski definition) is 7. The molecule has 234 valence electrons. The lowest BCUT2D eigenvalue weighted by atomic mass is 9.98. The predicted octanol–water partition coefficient (Wildman–Crippen LogP) is 0.0572. The monoisotopic (exact) mass is 590 g/mol. The molecule has 1 fully saturated rings. The topological polar surface area (TPSA) is 214 Å². The standard InChI is InChI=1S/C15H23N3O2.C14H23N3O5/c1-3-10(2)13(16)15(20)18-12(14(17)19)9-11-7-5-4-6-8-11;1-15-12(19)9-17-8-4-5-10(14(17)22)16-11(18)6-2-3-7-13(20)21/h4-8,10,12-13H,3,9,16H2,1-2H3,(H2,17,19)(H,18,20);10H,2-9H2,1H3,(H,15,19)(H,16,18)(H,20,21)/t10-,12-,13-;/m0./s1. The molecule has 1 aromatic carbocycles. The zero-order valence-electron chi connectivity index (χ0n) is 24.8. The average Bonchev–Trinajstić information content (AvgIpc) is 2.96. The first-order valence-corrected chi connectivity index (χ1v) is 14.3. The Labute approximate surface area is 247 Å². The second kappa shape index (κ2) is 19.2. The first-order chi connectivity index (χ1) is 19.9. The van der Waals surface area contributed by atoms with Gasteiger partial charge in [-0.2, -0.15) is 0 Å². The average molecular weight is 591 g/mol. The Kier molecular flexibility index (Phi) is 16.5. The lowest BCUT2D eigenvalue weighted by molar-refractivity contribution is -0.141. The summed E-state index contributed by atoms with van der Waals surface area (Å²) in [5, 5.41) is 16.3. The predicted molar refractivity (Wildman–Crippen MR) is 157 cm³/mol. The van der Waals surface area contributed by atoms with Gasteiger partial charge in [0, 0.05) is 32.9 Å². The van der Waals surface area contributed by atoms with Gasteiger partial charge in [0.2, 0.25) is 29.5 Å². The smallest absolute Gasteiger partial charge is 0.303 e. The van der Waals surface area contributed by atoms with E-state index in [4.69, 9.17) is 16.6 Å². The molecule has 0 aliphatic carbocycles. The summed E-state index contributed by atoms with van der Waals surface area (Å²) in [5.74, 6) is -2.46. The van der Waals surface area contributed by atoms with Gasteiger partial charge in [0.05, 0.1) is 12.6 Å². The van der Waals surface area contributed by atoms with Crippen molar-refractivity contribution in [3.8, 4) is 0 Å². The van der Waals surface area contributed by atoms with E-state index in [2.05, 4.69) is 16.0 Å². The molecule has 1 aliphatic rings. The summed E-state index contributed by atoms with van der Waals surface area (Å²) in [6, 6.07) is 7.45. The van der Waals surface area contributed by atoms with Gasteiger partial charge in [0.25, 0.3) is 0 Å². The molecule has 1 unspecified atom stereocenters. The molecule has 42 heavy (non-hydrogen) atoms. The van der Waals surface area contributed by atoms with Crippen molar-refractivity contribution in [1.29, 1.82) is 0 Å².